The van der Waals surface area contributed by atoms with Gasteiger partial charge < -0.3 is 28.7 Å². The molecule has 1 aliphatic rings. The number of aromatic nitrogens is 2. The van der Waals surface area contributed by atoms with Gasteiger partial charge in [-0.3, -0.25) is 9.48 Å². The molecule has 10 heteroatoms. The molecule has 0 aliphatic carbocycles. The van der Waals surface area contributed by atoms with Crippen LogP contribution < -0.4 is 23.8 Å². The van der Waals surface area contributed by atoms with Crippen molar-refractivity contribution in [2.75, 3.05) is 59.5 Å². The molecule has 0 unspecified atom stereocenters. The Hall–Kier alpha value is -4.11. The summed E-state index contributed by atoms with van der Waals surface area (Å²) in [6, 6.07) is 15.5. The molecule has 1 amide bonds. The maximum Gasteiger partial charge on any atom is 0.228 e. The van der Waals surface area contributed by atoms with E-state index < -0.39 is 0 Å². The molecule has 0 radical (unpaired) electrons. The summed E-state index contributed by atoms with van der Waals surface area (Å²) >= 11 is 6.34. The molecule has 1 fully saturated rings. The summed E-state index contributed by atoms with van der Waals surface area (Å²) in [7, 11) is 6.43. The fraction of sp³-hybridized carbons (Fsp3) is 0.355. The fourth-order valence-electron chi connectivity index (χ4n) is 5.36. The number of carbonyl (C=O) groups is 1. The lowest BCUT2D eigenvalue weighted by Gasteiger charge is -2.37. The second kappa shape index (κ2) is 12.2. The number of carbonyl (C=O) groups excluding carboxylic acids is 1. The summed E-state index contributed by atoms with van der Waals surface area (Å²) in [6.07, 6.45) is 0.182. The summed E-state index contributed by atoms with van der Waals surface area (Å²) in [4.78, 5) is 17.7. The maximum absolute atomic E-state index is 13.5. The van der Waals surface area contributed by atoms with Crippen molar-refractivity contribution in [1.82, 2.24) is 14.7 Å². The van der Waals surface area contributed by atoms with E-state index >= 15 is 0 Å². The van der Waals surface area contributed by atoms with Crippen molar-refractivity contribution in [3.63, 3.8) is 0 Å². The monoisotopic (exact) mass is 578 g/mol. The largest absolute Gasteiger partial charge is 0.493 e. The molecule has 1 aliphatic heterocycles. The van der Waals surface area contributed by atoms with Crippen LogP contribution in [0.25, 0.3) is 10.9 Å². The second-order valence-corrected chi connectivity index (χ2v) is 10.4. The Balaban J connectivity index is 1.40. The van der Waals surface area contributed by atoms with Crippen LogP contribution in [0.5, 0.6) is 23.0 Å². The molecule has 2 heterocycles. The first-order valence-electron chi connectivity index (χ1n) is 13.5. The first-order chi connectivity index (χ1) is 19.9. The highest BCUT2D eigenvalue weighted by Gasteiger charge is 2.25. The van der Waals surface area contributed by atoms with Gasteiger partial charge in [0.15, 0.2) is 23.0 Å². The summed E-state index contributed by atoms with van der Waals surface area (Å²) < 4.78 is 23.9. The van der Waals surface area contributed by atoms with E-state index in [1.807, 2.05) is 59.0 Å². The van der Waals surface area contributed by atoms with Crippen molar-refractivity contribution < 1.29 is 23.7 Å². The Morgan fingerprint density at radius 3 is 2.20 bits per heavy atom. The van der Waals surface area contributed by atoms with Crippen LogP contribution >= 0.6 is 11.6 Å². The second-order valence-electron chi connectivity index (χ2n) is 9.95. The van der Waals surface area contributed by atoms with Gasteiger partial charge in [-0.15, -0.1) is 0 Å². The van der Waals surface area contributed by atoms with Crippen LogP contribution in [-0.2, 0) is 17.8 Å². The Morgan fingerprint density at radius 2 is 1.51 bits per heavy atom. The van der Waals surface area contributed by atoms with Crippen LogP contribution in [0.2, 0.25) is 5.02 Å². The van der Waals surface area contributed by atoms with Crippen molar-refractivity contribution in [3.8, 4) is 23.0 Å². The van der Waals surface area contributed by atoms with Gasteiger partial charge in [0.05, 0.1) is 52.6 Å². The fourth-order valence-corrected chi connectivity index (χ4v) is 5.53. The standard InChI is InChI=1S/C31H35ClN4O5/c1-20-23(32)7-6-8-25(20)34-11-13-35(14-12-34)31(37)17-24-22-16-29(40-4)30(41-5)18-26(22)36(33-24)19-21-9-10-27(38-2)28(15-21)39-3/h6-10,15-16,18H,11-14,17,19H2,1-5H3. The molecule has 0 spiro atoms. The van der Waals surface area contributed by atoms with Gasteiger partial charge in [0.1, 0.15) is 0 Å². The smallest absolute Gasteiger partial charge is 0.228 e. The van der Waals surface area contributed by atoms with E-state index in [4.69, 9.17) is 35.6 Å². The number of halogens is 1. The molecule has 1 aromatic heterocycles. The van der Waals surface area contributed by atoms with Gasteiger partial charge in [0.2, 0.25) is 5.91 Å². The van der Waals surface area contributed by atoms with Gasteiger partial charge >= 0.3 is 0 Å². The molecule has 0 saturated carbocycles. The average molecular weight is 579 g/mol. The highest BCUT2D eigenvalue weighted by Crippen LogP contribution is 2.35. The molecule has 216 valence electrons. The predicted molar refractivity (Wildman–Crippen MR) is 160 cm³/mol. The summed E-state index contributed by atoms with van der Waals surface area (Å²) in [5.41, 5.74) is 4.70. The number of anilines is 1. The highest BCUT2D eigenvalue weighted by atomic mass is 35.5. The van der Waals surface area contributed by atoms with Crippen molar-refractivity contribution in [3.05, 3.63) is 70.4 Å². The number of nitrogens with zero attached hydrogens (tertiary/aromatic N) is 4. The third-order valence-corrected chi connectivity index (χ3v) is 8.05. The lowest BCUT2D eigenvalue weighted by Crippen LogP contribution is -2.49. The molecular weight excluding hydrogens is 544 g/mol. The van der Waals surface area contributed by atoms with Gasteiger partial charge in [0, 0.05) is 48.3 Å². The quantitative estimate of drug-likeness (QED) is 0.277. The van der Waals surface area contributed by atoms with E-state index in [1.165, 1.54) is 0 Å². The zero-order valence-corrected chi connectivity index (χ0v) is 24.8. The van der Waals surface area contributed by atoms with E-state index in [9.17, 15) is 4.79 Å². The predicted octanol–water partition coefficient (Wildman–Crippen LogP) is 4.97. The number of benzene rings is 3. The number of hydrogen-bond donors (Lipinski definition) is 0. The van der Waals surface area contributed by atoms with Crippen LogP contribution in [0, 0.1) is 6.92 Å². The lowest BCUT2D eigenvalue weighted by molar-refractivity contribution is -0.130. The highest BCUT2D eigenvalue weighted by molar-refractivity contribution is 6.31. The zero-order valence-electron chi connectivity index (χ0n) is 24.1. The van der Waals surface area contributed by atoms with E-state index in [2.05, 4.69) is 11.0 Å². The minimum absolute atomic E-state index is 0.0416. The summed E-state index contributed by atoms with van der Waals surface area (Å²) in [6.45, 7) is 5.25. The van der Waals surface area contributed by atoms with Crippen molar-refractivity contribution in [2.24, 2.45) is 0 Å². The number of fused-ring (bicyclic) bond motifs is 1. The van der Waals surface area contributed by atoms with Gasteiger partial charge in [-0.05, 0) is 48.4 Å². The molecule has 5 rings (SSSR count). The molecule has 41 heavy (non-hydrogen) atoms. The van der Waals surface area contributed by atoms with Crippen molar-refractivity contribution >= 4 is 34.1 Å². The lowest BCUT2D eigenvalue weighted by atomic mass is 10.1. The van der Waals surface area contributed by atoms with Gasteiger partial charge in [0.25, 0.3) is 0 Å². The third kappa shape index (κ3) is 5.72. The normalized spacial score (nSPS) is 13.4. The van der Waals surface area contributed by atoms with Crippen LogP contribution in [-0.4, -0.2) is 75.2 Å². The number of ether oxygens (including phenoxy) is 4. The van der Waals surface area contributed by atoms with E-state index in [-0.39, 0.29) is 12.3 Å². The number of piperazine rings is 1. The van der Waals surface area contributed by atoms with E-state index in [0.29, 0.717) is 48.3 Å². The number of hydrogen-bond acceptors (Lipinski definition) is 7. The molecule has 0 N–H and O–H groups in total. The van der Waals surface area contributed by atoms with Crippen LogP contribution in [0.1, 0.15) is 16.8 Å². The first-order valence-corrected chi connectivity index (χ1v) is 13.8. The van der Waals surface area contributed by atoms with Crippen LogP contribution in [0.15, 0.2) is 48.5 Å². The summed E-state index contributed by atoms with van der Waals surface area (Å²) in [5.74, 6) is 2.52. The van der Waals surface area contributed by atoms with Gasteiger partial charge in [-0.2, -0.15) is 5.10 Å². The van der Waals surface area contributed by atoms with Crippen molar-refractivity contribution in [1.29, 1.82) is 0 Å². The number of methoxy groups -OCH3 is 4. The summed E-state index contributed by atoms with van der Waals surface area (Å²) in [5, 5.41) is 6.52. The SMILES string of the molecule is COc1ccc(Cn2nc(CC(=O)N3CCN(c4cccc(Cl)c4C)CC3)c3cc(OC)c(OC)cc32)cc1OC. The van der Waals surface area contributed by atoms with E-state index in [0.717, 1.165) is 45.8 Å². The zero-order chi connectivity index (χ0) is 29.1. The molecule has 0 atom stereocenters. The Bertz CT molecular complexity index is 1560. The van der Waals surface area contributed by atoms with Crippen LogP contribution in [0.4, 0.5) is 5.69 Å². The Morgan fingerprint density at radius 1 is 0.854 bits per heavy atom. The number of amides is 1. The minimum Gasteiger partial charge on any atom is -0.493 e. The Labute approximate surface area is 245 Å². The topological polar surface area (TPSA) is 78.3 Å². The van der Waals surface area contributed by atoms with Crippen molar-refractivity contribution in [2.45, 2.75) is 19.9 Å². The van der Waals surface area contributed by atoms with Gasteiger partial charge in [-0.25, -0.2) is 0 Å². The third-order valence-electron chi connectivity index (χ3n) is 7.64. The molecule has 9 nitrogen and oxygen atoms in total. The molecular formula is C31H35ClN4O5. The van der Waals surface area contributed by atoms with Gasteiger partial charge in [-0.1, -0.05) is 23.7 Å². The minimum atomic E-state index is 0.0416. The first kappa shape index (κ1) is 28.4. The van der Waals surface area contributed by atoms with Crippen LogP contribution in [0.3, 0.4) is 0 Å². The average Bonchev–Trinajstić information content (AvgIpc) is 3.32. The molecule has 0 bridgehead atoms. The molecule has 4 aromatic rings. The molecule has 1 saturated heterocycles. The molecule has 3 aromatic carbocycles. The van der Waals surface area contributed by atoms with E-state index in [1.54, 1.807) is 28.4 Å². The number of rotatable bonds is 9. The Kier molecular flexibility index (Phi) is 8.44. The maximum atomic E-state index is 13.5.